The molecule has 1 aromatic rings. The van der Waals surface area contributed by atoms with Crippen LogP contribution in [0.5, 0.6) is 0 Å². The third kappa shape index (κ3) is 3.75. The van der Waals surface area contributed by atoms with Crippen molar-refractivity contribution >= 4 is 12.0 Å². The largest absolute Gasteiger partial charge is 0.459 e. The lowest BCUT2D eigenvalue weighted by molar-refractivity contribution is -0.145. The molecule has 1 rings (SSSR count). The third-order valence-electron chi connectivity index (χ3n) is 1.81. The molecule has 0 unspecified atom stereocenters. The number of rotatable bonds is 4. The van der Waals surface area contributed by atoms with Gasteiger partial charge >= 0.3 is 5.97 Å². The molecule has 0 N–H and O–H groups in total. The first-order valence-corrected chi connectivity index (χ1v) is 4.51. The lowest BCUT2D eigenvalue weighted by atomic mass is 10.2. The Bertz CT molecular complexity index is 369. The molecule has 4 nitrogen and oxygen atoms in total. The van der Waals surface area contributed by atoms with E-state index in [0.717, 1.165) is 5.56 Å². The molecule has 0 aliphatic heterocycles. The summed E-state index contributed by atoms with van der Waals surface area (Å²) in [5, 5.41) is 0. The summed E-state index contributed by atoms with van der Waals surface area (Å²) >= 11 is 0. The predicted molar refractivity (Wildman–Crippen MR) is 53.8 cm³/mol. The van der Waals surface area contributed by atoms with Gasteiger partial charge in [0.05, 0.1) is 0 Å². The van der Waals surface area contributed by atoms with E-state index in [4.69, 9.17) is 4.74 Å². The van der Waals surface area contributed by atoms with Crippen molar-refractivity contribution in [3.05, 3.63) is 35.9 Å². The van der Waals surface area contributed by atoms with Crippen LogP contribution >= 0.6 is 0 Å². The van der Waals surface area contributed by atoms with E-state index in [1.165, 1.54) is 13.0 Å². The van der Waals surface area contributed by atoms with Crippen molar-refractivity contribution < 1.29 is 14.3 Å². The number of nitrogens with zero attached hydrogens (tertiary/aromatic N) is 1. The van der Waals surface area contributed by atoms with Crippen LogP contribution in [0.15, 0.2) is 35.3 Å². The van der Waals surface area contributed by atoms with Gasteiger partial charge in [-0.15, -0.1) is 0 Å². The lowest BCUT2D eigenvalue weighted by Gasteiger charge is -2.05. The van der Waals surface area contributed by atoms with Crippen LogP contribution in [-0.4, -0.2) is 18.1 Å². The van der Waals surface area contributed by atoms with Gasteiger partial charge in [0.1, 0.15) is 6.61 Å². The van der Waals surface area contributed by atoms with Crippen LogP contribution in [0.2, 0.25) is 0 Å². The summed E-state index contributed by atoms with van der Waals surface area (Å²) in [4.78, 5) is 24.4. The molecule has 0 radical (unpaired) electrons. The number of hydrogen-bond acceptors (Lipinski definition) is 4. The minimum absolute atomic E-state index is 0.193. The summed E-state index contributed by atoms with van der Waals surface area (Å²) in [5.41, 5.74) is 0.896. The minimum atomic E-state index is -0.786. The number of carbonyl (C=O) groups excluding carboxylic acids is 2. The van der Waals surface area contributed by atoms with Crippen molar-refractivity contribution in [2.45, 2.75) is 19.6 Å². The van der Waals surface area contributed by atoms with Crippen molar-refractivity contribution in [3.63, 3.8) is 0 Å². The van der Waals surface area contributed by atoms with Gasteiger partial charge in [0.15, 0.2) is 6.04 Å². The SMILES string of the molecule is C[C@@H](N=C=O)C(=O)OCc1ccccc1. The first kappa shape index (κ1) is 11.1. The molecule has 0 amide bonds. The molecule has 0 heterocycles. The molecule has 15 heavy (non-hydrogen) atoms. The Morgan fingerprint density at radius 3 is 2.73 bits per heavy atom. The maximum absolute atomic E-state index is 11.2. The zero-order valence-corrected chi connectivity index (χ0v) is 8.34. The molecule has 0 aliphatic rings. The number of benzene rings is 1. The smallest absolute Gasteiger partial charge is 0.331 e. The second-order valence-corrected chi connectivity index (χ2v) is 2.99. The molecular weight excluding hydrogens is 194 g/mol. The van der Waals surface area contributed by atoms with Crippen LogP contribution in [0.3, 0.4) is 0 Å². The highest BCUT2D eigenvalue weighted by molar-refractivity contribution is 5.76. The third-order valence-corrected chi connectivity index (χ3v) is 1.81. The van der Waals surface area contributed by atoms with Crippen molar-refractivity contribution in [2.24, 2.45) is 4.99 Å². The summed E-state index contributed by atoms with van der Waals surface area (Å²) in [6.07, 6.45) is 1.32. The van der Waals surface area contributed by atoms with E-state index in [1.54, 1.807) is 0 Å². The Labute approximate surface area is 87.6 Å². The van der Waals surface area contributed by atoms with E-state index in [-0.39, 0.29) is 6.61 Å². The monoisotopic (exact) mass is 205 g/mol. The van der Waals surface area contributed by atoms with Crippen LogP contribution in [0.1, 0.15) is 12.5 Å². The molecule has 78 valence electrons. The number of esters is 1. The summed E-state index contributed by atoms with van der Waals surface area (Å²) in [6, 6.07) is 8.50. The summed E-state index contributed by atoms with van der Waals surface area (Å²) in [7, 11) is 0. The number of carbonyl (C=O) groups is 1. The standard InChI is InChI=1S/C11H11NO3/c1-9(12-8-13)11(14)15-7-10-5-3-2-4-6-10/h2-6,9H,7H2,1H3/t9-/m1/s1. The van der Waals surface area contributed by atoms with Crippen LogP contribution in [0.4, 0.5) is 0 Å². The van der Waals surface area contributed by atoms with Crippen LogP contribution in [-0.2, 0) is 20.9 Å². The van der Waals surface area contributed by atoms with Crippen molar-refractivity contribution in [3.8, 4) is 0 Å². The van der Waals surface area contributed by atoms with E-state index >= 15 is 0 Å². The second kappa shape index (κ2) is 5.73. The molecular formula is C11H11NO3. The first-order valence-electron chi connectivity index (χ1n) is 4.51. The van der Waals surface area contributed by atoms with E-state index in [1.807, 2.05) is 30.3 Å². The highest BCUT2D eigenvalue weighted by Gasteiger charge is 2.12. The molecule has 0 aromatic heterocycles. The van der Waals surface area contributed by atoms with Crippen molar-refractivity contribution in [1.29, 1.82) is 0 Å². The normalized spacial score (nSPS) is 11.3. The highest BCUT2D eigenvalue weighted by Crippen LogP contribution is 2.02. The number of hydrogen-bond donors (Lipinski definition) is 0. The second-order valence-electron chi connectivity index (χ2n) is 2.99. The molecule has 0 saturated heterocycles. The van der Waals surface area contributed by atoms with E-state index in [2.05, 4.69) is 4.99 Å². The van der Waals surface area contributed by atoms with Gasteiger partial charge in [0.2, 0.25) is 6.08 Å². The zero-order chi connectivity index (χ0) is 11.1. The fourth-order valence-electron chi connectivity index (χ4n) is 0.981. The van der Waals surface area contributed by atoms with Gasteiger partial charge in [0, 0.05) is 0 Å². The number of aliphatic imine (C=N–C) groups is 1. The molecule has 0 spiro atoms. The quantitative estimate of drug-likeness (QED) is 0.424. The van der Waals surface area contributed by atoms with Gasteiger partial charge in [-0.05, 0) is 12.5 Å². The first-order chi connectivity index (χ1) is 7.24. The maximum Gasteiger partial charge on any atom is 0.331 e. The van der Waals surface area contributed by atoms with E-state index < -0.39 is 12.0 Å². The Kier molecular flexibility index (Phi) is 4.26. The number of isocyanates is 1. The van der Waals surface area contributed by atoms with Crippen molar-refractivity contribution in [2.75, 3.05) is 0 Å². The Hall–Kier alpha value is -1.93. The van der Waals surface area contributed by atoms with Gasteiger partial charge < -0.3 is 4.74 Å². The van der Waals surface area contributed by atoms with Crippen LogP contribution in [0, 0.1) is 0 Å². The van der Waals surface area contributed by atoms with Gasteiger partial charge in [0.25, 0.3) is 0 Å². The fourth-order valence-corrected chi connectivity index (χ4v) is 0.981. The van der Waals surface area contributed by atoms with Gasteiger partial charge in [-0.1, -0.05) is 30.3 Å². The lowest BCUT2D eigenvalue weighted by Crippen LogP contribution is -2.17. The van der Waals surface area contributed by atoms with Crippen molar-refractivity contribution in [1.82, 2.24) is 0 Å². The molecule has 1 atom stereocenters. The molecule has 0 bridgehead atoms. The topological polar surface area (TPSA) is 55.7 Å². The molecule has 0 saturated carbocycles. The minimum Gasteiger partial charge on any atom is -0.459 e. The zero-order valence-electron chi connectivity index (χ0n) is 8.34. The summed E-state index contributed by atoms with van der Waals surface area (Å²) in [6.45, 7) is 1.68. The molecule has 4 heteroatoms. The Morgan fingerprint density at radius 2 is 2.13 bits per heavy atom. The predicted octanol–water partition coefficient (Wildman–Crippen LogP) is 1.45. The molecule has 0 fully saturated rings. The van der Waals surface area contributed by atoms with Gasteiger partial charge in [-0.2, -0.15) is 4.99 Å². The van der Waals surface area contributed by atoms with Crippen LogP contribution in [0.25, 0.3) is 0 Å². The van der Waals surface area contributed by atoms with Gasteiger partial charge in [-0.3, -0.25) is 0 Å². The Morgan fingerprint density at radius 1 is 1.47 bits per heavy atom. The molecule has 1 aromatic carbocycles. The van der Waals surface area contributed by atoms with E-state index in [9.17, 15) is 9.59 Å². The average Bonchev–Trinajstić information content (AvgIpc) is 2.27. The highest BCUT2D eigenvalue weighted by atomic mass is 16.5. The van der Waals surface area contributed by atoms with E-state index in [0.29, 0.717) is 0 Å². The fraction of sp³-hybridized carbons (Fsp3) is 0.273. The number of ether oxygens (including phenoxy) is 1. The average molecular weight is 205 g/mol. The summed E-state index contributed by atoms with van der Waals surface area (Å²) < 4.78 is 4.93. The van der Waals surface area contributed by atoms with Gasteiger partial charge in [-0.25, -0.2) is 9.59 Å². The van der Waals surface area contributed by atoms with Crippen LogP contribution < -0.4 is 0 Å². The maximum atomic E-state index is 11.2. The summed E-state index contributed by atoms with van der Waals surface area (Å²) in [5.74, 6) is -0.526. The molecule has 0 aliphatic carbocycles. The Balaban J connectivity index is 2.44.